The highest BCUT2D eigenvalue weighted by Crippen LogP contribution is 2.15. The van der Waals surface area contributed by atoms with E-state index in [0.717, 1.165) is 23.1 Å². The van der Waals surface area contributed by atoms with Gasteiger partial charge in [0.25, 0.3) is 0 Å². The SMILES string of the molecule is COCC(CCO)NCc1ccc2nc(C)ccc2c1. The maximum absolute atomic E-state index is 9.02. The molecule has 2 N–H and O–H groups in total. The second-order valence-corrected chi connectivity index (χ2v) is 5.03. The van der Waals surface area contributed by atoms with Crippen LogP contribution in [0.4, 0.5) is 0 Å². The first kappa shape index (κ1) is 14.9. The summed E-state index contributed by atoms with van der Waals surface area (Å²) in [6, 6.07) is 10.6. The quantitative estimate of drug-likeness (QED) is 0.811. The molecule has 1 aromatic carbocycles. The smallest absolute Gasteiger partial charge is 0.0705 e. The summed E-state index contributed by atoms with van der Waals surface area (Å²) in [6.07, 6.45) is 0.697. The fourth-order valence-electron chi connectivity index (χ4n) is 2.25. The highest BCUT2D eigenvalue weighted by atomic mass is 16.5. The van der Waals surface area contributed by atoms with Crippen LogP contribution in [-0.4, -0.2) is 36.5 Å². The number of rotatable bonds is 7. The zero-order chi connectivity index (χ0) is 14.4. The van der Waals surface area contributed by atoms with Crippen molar-refractivity contribution < 1.29 is 9.84 Å². The van der Waals surface area contributed by atoms with Crippen LogP contribution in [0.3, 0.4) is 0 Å². The molecule has 1 aromatic heterocycles. The Morgan fingerprint density at radius 2 is 2.15 bits per heavy atom. The molecule has 2 rings (SSSR count). The van der Waals surface area contributed by atoms with Crippen molar-refractivity contribution in [1.82, 2.24) is 10.3 Å². The average Bonchev–Trinajstić information content (AvgIpc) is 2.45. The first-order valence-corrected chi connectivity index (χ1v) is 6.92. The number of hydrogen-bond donors (Lipinski definition) is 2. The van der Waals surface area contributed by atoms with Crippen molar-refractivity contribution in [3.05, 3.63) is 41.6 Å². The van der Waals surface area contributed by atoms with Crippen LogP contribution < -0.4 is 5.32 Å². The molecule has 0 aliphatic carbocycles. The molecule has 2 aromatic rings. The number of methoxy groups -OCH3 is 1. The Hall–Kier alpha value is -1.49. The fraction of sp³-hybridized carbons (Fsp3) is 0.438. The standard InChI is InChI=1S/C16H22N2O2/c1-12-3-5-14-9-13(4-6-16(14)18-12)10-17-15(7-8-19)11-20-2/h3-6,9,15,17,19H,7-8,10-11H2,1-2H3. The molecule has 0 spiro atoms. The molecule has 0 aliphatic rings. The van der Waals surface area contributed by atoms with E-state index in [1.807, 2.05) is 13.0 Å². The molecule has 20 heavy (non-hydrogen) atoms. The third-order valence-electron chi connectivity index (χ3n) is 3.33. The predicted molar refractivity (Wildman–Crippen MR) is 80.7 cm³/mol. The van der Waals surface area contributed by atoms with Gasteiger partial charge < -0.3 is 15.2 Å². The van der Waals surface area contributed by atoms with Crippen LogP contribution in [0.25, 0.3) is 10.9 Å². The molecule has 0 saturated heterocycles. The maximum Gasteiger partial charge on any atom is 0.0705 e. The first-order valence-electron chi connectivity index (χ1n) is 6.92. The summed E-state index contributed by atoms with van der Waals surface area (Å²) >= 11 is 0. The molecule has 0 radical (unpaired) electrons. The Labute approximate surface area is 119 Å². The number of pyridine rings is 1. The van der Waals surface area contributed by atoms with E-state index >= 15 is 0 Å². The van der Waals surface area contributed by atoms with Crippen LogP contribution in [0.5, 0.6) is 0 Å². The molecule has 1 unspecified atom stereocenters. The molecule has 0 fully saturated rings. The number of hydrogen-bond acceptors (Lipinski definition) is 4. The van der Waals surface area contributed by atoms with Crippen molar-refractivity contribution in [1.29, 1.82) is 0 Å². The summed E-state index contributed by atoms with van der Waals surface area (Å²) in [6.45, 7) is 3.54. The summed E-state index contributed by atoms with van der Waals surface area (Å²) in [4.78, 5) is 4.50. The van der Waals surface area contributed by atoms with Gasteiger partial charge in [-0.1, -0.05) is 12.1 Å². The van der Waals surface area contributed by atoms with Crippen LogP contribution >= 0.6 is 0 Å². The molecule has 0 amide bonds. The highest BCUT2D eigenvalue weighted by molar-refractivity contribution is 5.79. The summed E-state index contributed by atoms with van der Waals surface area (Å²) in [5.41, 5.74) is 3.27. The van der Waals surface area contributed by atoms with E-state index in [2.05, 4.69) is 34.6 Å². The lowest BCUT2D eigenvalue weighted by atomic mass is 10.1. The van der Waals surface area contributed by atoms with Gasteiger partial charge in [-0.2, -0.15) is 0 Å². The lowest BCUT2D eigenvalue weighted by Gasteiger charge is -2.17. The van der Waals surface area contributed by atoms with E-state index in [1.54, 1.807) is 7.11 Å². The Balaban J connectivity index is 2.03. The van der Waals surface area contributed by atoms with Crippen molar-refractivity contribution >= 4 is 10.9 Å². The molecule has 4 nitrogen and oxygen atoms in total. The molecule has 4 heteroatoms. The van der Waals surface area contributed by atoms with E-state index in [1.165, 1.54) is 5.56 Å². The van der Waals surface area contributed by atoms with Gasteiger partial charge in [-0.05, 0) is 37.1 Å². The molecule has 108 valence electrons. The molecule has 1 atom stereocenters. The maximum atomic E-state index is 9.02. The monoisotopic (exact) mass is 274 g/mol. The van der Waals surface area contributed by atoms with Crippen LogP contribution in [0.15, 0.2) is 30.3 Å². The number of nitrogens with one attached hydrogen (secondary N) is 1. The van der Waals surface area contributed by atoms with Crippen molar-refractivity contribution in [3.63, 3.8) is 0 Å². The Morgan fingerprint density at radius 3 is 2.90 bits per heavy atom. The van der Waals surface area contributed by atoms with Crippen LogP contribution in [0.1, 0.15) is 17.7 Å². The van der Waals surface area contributed by atoms with E-state index < -0.39 is 0 Å². The molecule has 0 bridgehead atoms. The van der Waals surface area contributed by atoms with Crippen molar-refractivity contribution in [2.45, 2.75) is 25.9 Å². The predicted octanol–water partition coefficient (Wildman–Crippen LogP) is 2.03. The van der Waals surface area contributed by atoms with Gasteiger partial charge in [0, 0.05) is 37.4 Å². The summed E-state index contributed by atoms with van der Waals surface area (Å²) in [7, 11) is 1.68. The zero-order valence-electron chi connectivity index (χ0n) is 12.1. The van der Waals surface area contributed by atoms with Crippen molar-refractivity contribution in [2.24, 2.45) is 0 Å². The van der Waals surface area contributed by atoms with Gasteiger partial charge in [0.2, 0.25) is 0 Å². The molecular formula is C16H22N2O2. The van der Waals surface area contributed by atoms with Gasteiger partial charge in [0.05, 0.1) is 12.1 Å². The van der Waals surface area contributed by atoms with Crippen LogP contribution in [-0.2, 0) is 11.3 Å². The normalized spacial score (nSPS) is 12.8. The summed E-state index contributed by atoms with van der Waals surface area (Å²) in [5.74, 6) is 0. The Kier molecular flexibility index (Phi) is 5.47. The minimum atomic E-state index is 0.169. The third-order valence-corrected chi connectivity index (χ3v) is 3.33. The number of aryl methyl sites for hydroxylation is 1. The van der Waals surface area contributed by atoms with Crippen molar-refractivity contribution in [3.8, 4) is 0 Å². The topological polar surface area (TPSA) is 54.4 Å². The number of benzene rings is 1. The number of fused-ring (bicyclic) bond motifs is 1. The van der Waals surface area contributed by atoms with E-state index in [4.69, 9.17) is 9.84 Å². The lowest BCUT2D eigenvalue weighted by Crippen LogP contribution is -2.33. The molecule has 1 heterocycles. The summed E-state index contributed by atoms with van der Waals surface area (Å²) in [5, 5.41) is 13.6. The average molecular weight is 274 g/mol. The van der Waals surface area contributed by atoms with Gasteiger partial charge in [-0.25, -0.2) is 0 Å². The van der Waals surface area contributed by atoms with Gasteiger partial charge in [-0.3, -0.25) is 4.98 Å². The van der Waals surface area contributed by atoms with Gasteiger partial charge in [0.1, 0.15) is 0 Å². The zero-order valence-corrected chi connectivity index (χ0v) is 12.1. The minimum Gasteiger partial charge on any atom is -0.396 e. The number of aliphatic hydroxyl groups is 1. The second kappa shape index (κ2) is 7.33. The highest BCUT2D eigenvalue weighted by Gasteiger charge is 2.07. The van der Waals surface area contributed by atoms with Crippen molar-refractivity contribution in [2.75, 3.05) is 20.3 Å². The number of nitrogens with zero attached hydrogens (tertiary/aromatic N) is 1. The first-order chi connectivity index (χ1) is 9.72. The summed E-state index contributed by atoms with van der Waals surface area (Å²) < 4.78 is 5.14. The second-order valence-electron chi connectivity index (χ2n) is 5.03. The Morgan fingerprint density at radius 1 is 1.30 bits per heavy atom. The fourth-order valence-corrected chi connectivity index (χ4v) is 2.25. The molecular weight excluding hydrogens is 252 g/mol. The van der Waals surface area contributed by atoms with E-state index in [9.17, 15) is 0 Å². The van der Waals surface area contributed by atoms with Crippen LogP contribution in [0, 0.1) is 6.92 Å². The van der Waals surface area contributed by atoms with E-state index in [-0.39, 0.29) is 12.6 Å². The number of aliphatic hydroxyl groups excluding tert-OH is 1. The Bertz CT molecular complexity index is 551. The minimum absolute atomic E-state index is 0.169. The number of aromatic nitrogens is 1. The number of ether oxygens (including phenoxy) is 1. The molecule has 0 saturated carbocycles. The third kappa shape index (κ3) is 4.00. The van der Waals surface area contributed by atoms with Gasteiger partial charge in [-0.15, -0.1) is 0 Å². The largest absolute Gasteiger partial charge is 0.396 e. The lowest BCUT2D eigenvalue weighted by molar-refractivity contribution is 0.148. The van der Waals surface area contributed by atoms with Gasteiger partial charge in [0.15, 0.2) is 0 Å². The van der Waals surface area contributed by atoms with Crippen LogP contribution in [0.2, 0.25) is 0 Å². The van der Waals surface area contributed by atoms with E-state index in [0.29, 0.717) is 13.0 Å². The van der Waals surface area contributed by atoms with Gasteiger partial charge >= 0.3 is 0 Å². The molecule has 0 aliphatic heterocycles.